The van der Waals surface area contributed by atoms with Crippen LogP contribution in [0.4, 0.5) is 5.69 Å². The molecule has 1 saturated carbocycles. The van der Waals surface area contributed by atoms with Gasteiger partial charge in [0.15, 0.2) is 0 Å². The molecule has 2 fully saturated rings. The van der Waals surface area contributed by atoms with E-state index in [-0.39, 0.29) is 1.43 Å². The zero-order chi connectivity index (χ0) is 16.3. The molecule has 2 aliphatic rings. The molecule has 3 heteroatoms. The summed E-state index contributed by atoms with van der Waals surface area (Å²) < 4.78 is 0. The highest BCUT2D eigenvalue weighted by molar-refractivity contribution is 5.46. The van der Waals surface area contributed by atoms with Gasteiger partial charge in [0.05, 0.1) is 0 Å². The van der Waals surface area contributed by atoms with Gasteiger partial charge in [0.2, 0.25) is 6.41 Å². The van der Waals surface area contributed by atoms with E-state index in [4.69, 9.17) is 0 Å². The maximum Gasteiger partial charge on any atom is 0.207 e. The van der Waals surface area contributed by atoms with Gasteiger partial charge in [-0.05, 0) is 50.2 Å². The van der Waals surface area contributed by atoms with Crippen LogP contribution in [0.15, 0.2) is 30.3 Å². The number of anilines is 1. The molecule has 1 aromatic carbocycles. The topological polar surface area (TPSA) is 32.3 Å². The van der Waals surface area contributed by atoms with Gasteiger partial charge in [-0.1, -0.05) is 44.4 Å². The zero-order valence-electron chi connectivity index (χ0n) is 14.5. The van der Waals surface area contributed by atoms with Crippen molar-refractivity contribution < 1.29 is 6.22 Å². The number of hydrogen-bond acceptors (Lipinski definition) is 2. The van der Waals surface area contributed by atoms with Crippen LogP contribution in [0.3, 0.4) is 0 Å². The van der Waals surface area contributed by atoms with Crippen LogP contribution in [0.25, 0.3) is 0 Å². The summed E-state index contributed by atoms with van der Waals surface area (Å²) in [6.07, 6.45) is 11.3. The second-order valence-electron chi connectivity index (χ2n) is 6.89. The molecule has 1 aromatic rings. The van der Waals surface area contributed by atoms with Gasteiger partial charge in [-0.15, -0.1) is 0 Å². The third-order valence-corrected chi connectivity index (χ3v) is 5.12. The molecule has 1 saturated heterocycles. The Morgan fingerprint density at radius 2 is 1.65 bits per heavy atom. The molecule has 2 atom stereocenters. The van der Waals surface area contributed by atoms with Crippen molar-refractivity contribution in [3.63, 3.8) is 0 Å². The lowest BCUT2D eigenvalue weighted by atomic mass is 9.97. The molecule has 0 spiro atoms. The van der Waals surface area contributed by atoms with Crippen molar-refractivity contribution in [3.8, 4) is 0 Å². The molecule has 0 bridgehead atoms. The number of benzene rings is 1. The summed E-state index contributed by atoms with van der Waals surface area (Å²) in [5.74, 6) is 0.669. The van der Waals surface area contributed by atoms with E-state index in [2.05, 4.69) is 47.5 Å². The van der Waals surface area contributed by atoms with Gasteiger partial charge in [-0.25, -0.2) is 0 Å². The van der Waals surface area contributed by atoms with Crippen LogP contribution in [0.5, 0.6) is 0 Å². The van der Waals surface area contributed by atoms with Gasteiger partial charge < -0.3 is 10.2 Å². The number of carbonyl (C=O) groups excluding carboxylic acids is 1. The molecule has 0 radical (unpaired) electrons. The molecule has 0 aromatic heterocycles. The molecular formula is C20H34N2O. The summed E-state index contributed by atoms with van der Waals surface area (Å²) in [5.41, 5.74) is 1.39. The number of rotatable bonds is 3. The Morgan fingerprint density at radius 3 is 2.35 bits per heavy atom. The van der Waals surface area contributed by atoms with Crippen molar-refractivity contribution in [3.05, 3.63) is 30.3 Å². The first kappa shape index (κ1) is 17.8. The van der Waals surface area contributed by atoms with Crippen molar-refractivity contribution in [1.29, 1.82) is 0 Å². The van der Waals surface area contributed by atoms with Gasteiger partial charge in [0.25, 0.3) is 0 Å². The Labute approximate surface area is 142 Å². The monoisotopic (exact) mass is 318 g/mol. The fourth-order valence-corrected chi connectivity index (χ4v) is 3.62. The SMILES string of the molecule is CC1CCCCCC1NC=O.[HH].c1ccc(N2CCCCC2)cc1. The first-order valence-electron chi connectivity index (χ1n) is 9.31. The van der Waals surface area contributed by atoms with Crippen LogP contribution >= 0.6 is 0 Å². The average Bonchev–Trinajstić information content (AvgIpc) is 2.82. The predicted molar refractivity (Wildman–Crippen MR) is 99.9 cm³/mol. The summed E-state index contributed by atoms with van der Waals surface area (Å²) in [5, 5.41) is 2.89. The van der Waals surface area contributed by atoms with Gasteiger partial charge in [-0.2, -0.15) is 0 Å². The third-order valence-electron chi connectivity index (χ3n) is 5.12. The highest BCUT2D eigenvalue weighted by Crippen LogP contribution is 2.22. The number of carbonyl (C=O) groups is 1. The first-order valence-corrected chi connectivity index (χ1v) is 9.31. The lowest BCUT2D eigenvalue weighted by molar-refractivity contribution is -0.110. The minimum absolute atomic E-state index is 0. The molecule has 3 nitrogen and oxygen atoms in total. The lowest BCUT2D eigenvalue weighted by Gasteiger charge is -2.28. The predicted octanol–water partition coefficient (Wildman–Crippen LogP) is 4.62. The molecule has 23 heavy (non-hydrogen) atoms. The molecule has 1 aliphatic carbocycles. The average molecular weight is 319 g/mol. The lowest BCUT2D eigenvalue weighted by Crippen LogP contribution is -2.32. The summed E-state index contributed by atoms with van der Waals surface area (Å²) in [4.78, 5) is 12.7. The van der Waals surface area contributed by atoms with Crippen molar-refractivity contribution in [2.75, 3.05) is 18.0 Å². The van der Waals surface area contributed by atoms with Crippen LogP contribution in [0.1, 0.15) is 59.7 Å². The van der Waals surface area contributed by atoms with E-state index >= 15 is 0 Å². The Balaban J connectivity index is 0.000000232. The fourth-order valence-electron chi connectivity index (χ4n) is 3.62. The number of hydrogen-bond donors (Lipinski definition) is 1. The van der Waals surface area contributed by atoms with Gasteiger partial charge in [0.1, 0.15) is 0 Å². The standard InChI is InChI=1S/C11H15N.C9H17NO.H2/c1-3-7-11(8-4-1)12-9-5-2-6-10-12;1-8-5-3-2-4-6-9(8)10-7-11;/h1,3-4,7-8H,2,5-6,9-10H2;7-9H,2-6H2,1H3,(H,10,11);1H. The van der Waals surface area contributed by atoms with Crippen LogP contribution in [-0.4, -0.2) is 25.5 Å². The molecule has 130 valence electrons. The van der Waals surface area contributed by atoms with E-state index in [9.17, 15) is 4.79 Å². The Kier molecular flexibility index (Phi) is 7.99. The largest absolute Gasteiger partial charge is 0.372 e. The summed E-state index contributed by atoms with van der Waals surface area (Å²) >= 11 is 0. The van der Waals surface area contributed by atoms with Crippen molar-refractivity contribution in [2.45, 2.75) is 64.3 Å². The van der Waals surface area contributed by atoms with Crippen LogP contribution in [-0.2, 0) is 4.79 Å². The van der Waals surface area contributed by atoms with E-state index in [1.807, 2.05) is 0 Å². The number of para-hydroxylation sites is 1. The molecule has 1 N–H and O–H groups in total. The second kappa shape index (κ2) is 10.3. The number of piperidine rings is 1. The second-order valence-corrected chi connectivity index (χ2v) is 6.89. The highest BCUT2D eigenvalue weighted by Gasteiger charge is 2.18. The van der Waals surface area contributed by atoms with Crippen LogP contribution in [0, 0.1) is 5.92 Å². The van der Waals surface area contributed by atoms with Crippen molar-refractivity contribution >= 4 is 12.1 Å². The van der Waals surface area contributed by atoms with Crippen LogP contribution in [0.2, 0.25) is 0 Å². The molecular weight excluding hydrogens is 284 g/mol. The van der Waals surface area contributed by atoms with Gasteiger partial charge >= 0.3 is 0 Å². The summed E-state index contributed by atoms with van der Waals surface area (Å²) in [7, 11) is 0. The fraction of sp³-hybridized carbons (Fsp3) is 0.650. The number of amides is 1. The maximum absolute atomic E-state index is 10.2. The minimum Gasteiger partial charge on any atom is -0.372 e. The van der Waals surface area contributed by atoms with Crippen molar-refractivity contribution in [2.24, 2.45) is 5.92 Å². The van der Waals surface area contributed by atoms with Crippen molar-refractivity contribution in [1.82, 2.24) is 5.32 Å². The van der Waals surface area contributed by atoms with E-state index < -0.39 is 0 Å². The molecule has 3 rings (SSSR count). The maximum atomic E-state index is 10.2. The summed E-state index contributed by atoms with van der Waals surface area (Å²) in [6.45, 7) is 4.71. The summed E-state index contributed by atoms with van der Waals surface area (Å²) in [6, 6.07) is 11.1. The first-order chi connectivity index (χ1) is 11.3. The minimum atomic E-state index is 0. The Morgan fingerprint density at radius 1 is 1.00 bits per heavy atom. The quantitative estimate of drug-likeness (QED) is 0.651. The zero-order valence-corrected chi connectivity index (χ0v) is 14.5. The number of nitrogens with one attached hydrogen (secondary N) is 1. The van der Waals surface area contributed by atoms with E-state index in [1.165, 1.54) is 70.1 Å². The smallest absolute Gasteiger partial charge is 0.207 e. The Hall–Kier alpha value is -1.51. The van der Waals surface area contributed by atoms with Gasteiger partial charge in [-0.3, -0.25) is 4.79 Å². The van der Waals surface area contributed by atoms with E-state index in [0.29, 0.717) is 12.0 Å². The third kappa shape index (κ3) is 6.25. The highest BCUT2D eigenvalue weighted by atomic mass is 16.1. The molecule has 1 amide bonds. The molecule has 1 heterocycles. The number of nitrogens with zero attached hydrogens (tertiary/aromatic N) is 1. The molecule has 2 unspecified atom stereocenters. The normalized spacial score (nSPS) is 24.8. The van der Waals surface area contributed by atoms with E-state index in [1.54, 1.807) is 0 Å². The van der Waals surface area contributed by atoms with Gasteiger partial charge in [0, 0.05) is 26.2 Å². The van der Waals surface area contributed by atoms with Crippen LogP contribution < -0.4 is 10.2 Å². The Bertz CT molecular complexity index is 435. The molecule has 1 aliphatic heterocycles. The van der Waals surface area contributed by atoms with E-state index in [0.717, 1.165) is 6.41 Å².